The predicted molar refractivity (Wildman–Crippen MR) is 99.6 cm³/mol. The number of furan rings is 1. The number of hydrogen-bond donors (Lipinski definition) is 1. The van der Waals surface area contributed by atoms with Crippen LogP contribution in [0.2, 0.25) is 0 Å². The second kappa shape index (κ2) is 7.60. The predicted octanol–water partition coefficient (Wildman–Crippen LogP) is 5.10. The molecular weight excluding hydrogens is 374 g/mol. The molecule has 1 unspecified atom stereocenters. The molecule has 1 aromatic heterocycles. The lowest BCUT2D eigenvalue weighted by atomic mass is 9.91. The molecule has 0 saturated heterocycles. The fraction of sp³-hybridized carbons (Fsp3) is 0.333. The summed E-state index contributed by atoms with van der Waals surface area (Å²) in [4.78, 5) is 0. The summed E-state index contributed by atoms with van der Waals surface area (Å²) in [6, 6.07) is 11.5. The van der Waals surface area contributed by atoms with Gasteiger partial charge in [0.25, 0.3) is 0 Å². The zero-order valence-corrected chi connectivity index (χ0v) is 16.0. The average molecular weight is 396 g/mol. The van der Waals surface area contributed by atoms with E-state index < -0.39 is 11.0 Å². The number of nitrogens with one attached hydrogen (secondary N) is 1. The first kappa shape index (κ1) is 18.2. The van der Waals surface area contributed by atoms with Gasteiger partial charge in [0, 0.05) is 10.4 Å². The third-order valence-electron chi connectivity index (χ3n) is 3.51. The van der Waals surface area contributed by atoms with Crippen molar-refractivity contribution in [2.45, 2.75) is 37.5 Å². The molecule has 2 aromatic rings. The zero-order chi connectivity index (χ0) is 17.0. The molecule has 1 heterocycles. The van der Waals surface area contributed by atoms with Crippen LogP contribution in [0.25, 0.3) is 0 Å². The molecule has 3 atom stereocenters. The van der Waals surface area contributed by atoms with Crippen molar-refractivity contribution in [2.24, 2.45) is 0 Å². The Hall–Kier alpha value is -1.17. The van der Waals surface area contributed by atoms with Gasteiger partial charge in [0.05, 0.1) is 28.0 Å². The molecule has 23 heavy (non-hydrogen) atoms. The fourth-order valence-corrected chi connectivity index (χ4v) is 3.33. The third kappa shape index (κ3) is 4.66. The average Bonchev–Trinajstić information content (AvgIpc) is 3.01. The highest BCUT2D eigenvalue weighted by molar-refractivity contribution is 9.10. The van der Waals surface area contributed by atoms with Gasteiger partial charge < -0.3 is 4.42 Å². The van der Waals surface area contributed by atoms with Crippen molar-refractivity contribution in [3.05, 3.63) is 71.1 Å². The Labute approximate surface area is 148 Å². The van der Waals surface area contributed by atoms with Gasteiger partial charge >= 0.3 is 0 Å². The third-order valence-corrected chi connectivity index (χ3v) is 5.62. The van der Waals surface area contributed by atoms with Gasteiger partial charge in [-0.05, 0) is 50.6 Å². The van der Waals surface area contributed by atoms with Crippen molar-refractivity contribution in [1.82, 2.24) is 4.72 Å². The molecule has 0 fully saturated rings. The van der Waals surface area contributed by atoms with Gasteiger partial charge in [-0.25, -0.2) is 8.93 Å². The lowest BCUT2D eigenvalue weighted by molar-refractivity contribution is 0.429. The Morgan fingerprint density at radius 2 is 1.91 bits per heavy atom. The summed E-state index contributed by atoms with van der Waals surface area (Å²) in [7, 11) is -1.22. The minimum absolute atomic E-state index is 0.0550. The van der Waals surface area contributed by atoms with Gasteiger partial charge in [-0.15, -0.1) is 6.58 Å². The van der Waals surface area contributed by atoms with Gasteiger partial charge in [-0.1, -0.05) is 34.1 Å². The molecule has 5 heteroatoms. The van der Waals surface area contributed by atoms with Gasteiger partial charge in [-0.3, -0.25) is 0 Å². The van der Waals surface area contributed by atoms with E-state index in [9.17, 15) is 4.21 Å². The second-order valence-electron chi connectivity index (χ2n) is 6.31. The van der Waals surface area contributed by atoms with Crippen LogP contribution >= 0.6 is 15.9 Å². The number of hydrogen-bond acceptors (Lipinski definition) is 2. The quantitative estimate of drug-likeness (QED) is 0.690. The van der Waals surface area contributed by atoms with Gasteiger partial charge in [0.2, 0.25) is 0 Å². The smallest absolute Gasteiger partial charge is 0.122 e. The Morgan fingerprint density at radius 1 is 1.26 bits per heavy atom. The Kier molecular flexibility index (Phi) is 6.00. The van der Waals surface area contributed by atoms with Crippen LogP contribution in [0.1, 0.15) is 44.1 Å². The first-order valence-corrected chi connectivity index (χ1v) is 9.36. The molecule has 124 valence electrons. The van der Waals surface area contributed by atoms with Crippen LogP contribution in [0, 0.1) is 0 Å². The van der Waals surface area contributed by atoms with E-state index in [1.807, 2.05) is 63.2 Å². The van der Waals surface area contributed by atoms with Crippen LogP contribution in [0.15, 0.2) is 64.2 Å². The van der Waals surface area contributed by atoms with Crippen LogP contribution in [-0.4, -0.2) is 8.96 Å². The molecule has 0 aliphatic rings. The summed E-state index contributed by atoms with van der Waals surface area (Å²) >= 11 is 3.45. The van der Waals surface area contributed by atoms with Crippen LogP contribution in [0.4, 0.5) is 0 Å². The highest BCUT2D eigenvalue weighted by atomic mass is 79.9. The van der Waals surface area contributed by atoms with E-state index in [-0.39, 0.29) is 16.7 Å². The highest BCUT2D eigenvalue weighted by Crippen LogP contribution is 2.34. The number of rotatable bonds is 6. The molecule has 2 rings (SSSR count). The molecule has 0 aliphatic carbocycles. The van der Waals surface area contributed by atoms with E-state index >= 15 is 0 Å². The van der Waals surface area contributed by atoms with Crippen molar-refractivity contribution in [1.29, 1.82) is 0 Å². The second-order valence-corrected chi connectivity index (χ2v) is 9.22. The molecule has 3 nitrogen and oxygen atoms in total. The minimum atomic E-state index is -1.22. The van der Waals surface area contributed by atoms with Gasteiger partial charge in [0.15, 0.2) is 0 Å². The Balaban J connectivity index is 2.37. The SMILES string of the molecule is C=C[C@H](c1ccc(Br)cc1)[C@@H](NS(=O)C(C)(C)C)c1ccco1. The summed E-state index contributed by atoms with van der Waals surface area (Å²) in [6.07, 6.45) is 3.50. The minimum Gasteiger partial charge on any atom is -0.468 e. The molecule has 0 aliphatic heterocycles. The normalized spacial score (nSPS) is 15.8. The van der Waals surface area contributed by atoms with E-state index in [0.29, 0.717) is 0 Å². The number of halogens is 1. The van der Waals surface area contributed by atoms with Crippen LogP contribution in [0.5, 0.6) is 0 Å². The fourth-order valence-electron chi connectivity index (χ4n) is 2.22. The van der Waals surface area contributed by atoms with Crippen molar-refractivity contribution in [3.63, 3.8) is 0 Å². The lowest BCUT2D eigenvalue weighted by Crippen LogP contribution is -2.37. The highest BCUT2D eigenvalue weighted by Gasteiger charge is 2.30. The molecule has 1 aromatic carbocycles. The Bertz CT molecular complexity index is 659. The maximum absolute atomic E-state index is 12.6. The van der Waals surface area contributed by atoms with Crippen LogP contribution in [0.3, 0.4) is 0 Å². The van der Waals surface area contributed by atoms with E-state index in [0.717, 1.165) is 15.8 Å². The van der Waals surface area contributed by atoms with E-state index in [1.165, 1.54) is 0 Å². The monoisotopic (exact) mass is 395 g/mol. The topological polar surface area (TPSA) is 42.2 Å². The van der Waals surface area contributed by atoms with Crippen LogP contribution in [-0.2, 0) is 11.0 Å². The maximum atomic E-state index is 12.6. The summed E-state index contributed by atoms with van der Waals surface area (Å²) in [5, 5.41) is 0. The first-order valence-electron chi connectivity index (χ1n) is 7.42. The Morgan fingerprint density at radius 3 is 2.39 bits per heavy atom. The van der Waals surface area contributed by atoms with Crippen molar-refractivity contribution in [2.75, 3.05) is 0 Å². The zero-order valence-electron chi connectivity index (χ0n) is 13.6. The summed E-state index contributed by atoms with van der Waals surface area (Å²) in [5.41, 5.74) is 1.09. The lowest BCUT2D eigenvalue weighted by Gasteiger charge is -2.28. The maximum Gasteiger partial charge on any atom is 0.122 e. The van der Waals surface area contributed by atoms with E-state index in [4.69, 9.17) is 4.42 Å². The molecule has 0 bridgehead atoms. The van der Waals surface area contributed by atoms with Crippen molar-refractivity contribution in [3.8, 4) is 0 Å². The number of benzene rings is 1. The molecule has 0 spiro atoms. The first-order chi connectivity index (χ1) is 10.8. The molecule has 0 radical (unpaired) electrons. The molecule has 0 amide bonds. The van der Waals surface area contributed by atoms with Gasteiger partial charge in [-0.2, -0.15) is 0 Å². The summed E-state index contributed by atoms with van der Waals surface area (Å²) < 4.78 is 22.0. The van der Waals surface area contributed by atoms with Crippen molar-refractivity contribution < 1.29 is 8.63 Å². The van der Waals surface area contributed by atoms with Crippen LogP contribution < -0.4 is 4.72 Å². The largest absolute Gasteiger partial charge is 0.468 e. The van der Waals surface area contributed by atoms with E-state index in [2.05, 4.69) is 27.2 Å². The van der Waals surface area contributed by atoms with E-state index in [1.54, 1.807) is 6.26 Å². The van der Waals surface area contributed by atoms with Crippen molar-refractivity contribution >= 4 is 26.9 Å². The molecule has 1 N–H and O–H groups in total. The summed E-state index contributed by atoms with van der Waals surface area (Å²) in [6.45, 7) is 9.79. The standard InChI is InChI=1S/C18H22BrNO2S/c1-5-15(13-8-10-14(19)11-9-13)17(16-7-6-12-22-16)20-23(21)18(2,3)4/h5-12,15,17,20H,1H2,2-4H3/t15-,17-,23?/m1/s1. The summed E-state index contributed by atoms with van der Waals surface area (Å²) in [5.74, 6) is 0.691. The molecule has 0 saturated carbocycles. The molecular formula is C18H22BrNO2S. The van der Waals surface area contributed by atoms with Gasteiger partial charge in [0.1, 0.15) is 5.76 Å².